The molecule has 1 unspecified atom stereocenters. The average molecular weight is 328 g/mol. The number of nitrogens with one attached hydrogen (secondary N) is 2. The molecule has 1 aromatic carbocycles. The van der Waals surface area contributed by atoms with Crippen LogP contribution in [0.4, 0.5) is 5.69 Å². The molecule has 7 heteroatoms. The van der Waals surface area contributed by atoms with Crippen molar-refractivity contribution in [2.24, 2.45) is 11.8 Å². The molecule has 1 atom stereocenters. The van der Waals surface area contributed by atoms with Crippen LogP contribution in [0.1, 0.15) is 31.7 Å². The lowest BCUT2D eigenvalue weighted by atomic mass is 9.84. The summed E-state index contributed by atoms with van der Waals surface area (Å²) in [6.45, 7) is 6.28. The first-order valence-electron chi connectivity index (χ1n) is 8.48. The molecule has 1 amide bonds. The highest BCUT2D eigenvalue weighted by atomic mass is 16.1. The molecule has 0 bridgehead atoms. The summed E-state index contributed by atoms with van der Waals surface area (Å²) in [4.78, 5) is 12.4. The van der Waals surface area contributed by atoms with Gasteiger partial charge in [0.2, 0.25) is 5.91 Å². The van der Waals surface area contributed by atoms with Gasteiger partial charge in [-0.15, -0.1) is 5.10 Å². The number of aryl methyl sites for hydroxylation is 1. The minimum atomic E-state index is 0.0625. The third-order valence-corrected chi connectivity index (χ3v) is 4.78. The Morgan fingerprint density at radius 1 is 1.42 bits per heavy atom. The standard InChI is InChI=1S/C17H24N6O/c1-12-3-4-15(10-16(12)23-11-19-21-22-23)20-17(24)9-13(2)14-5-7-18-8-6-14/h3-4,10-11,13-14,18H,5-9H2,1-2H3,(H,20,24). The molecule has 2 aromatic rings. The van der Waals surface area contributed by atoms with Crippen molar-refractivity contribution in [3.8, 4) is 5.69 Å². The molecule has 0 spiro atoms. The number of hydrogen-bond donors (Lipinski definition) is 2. The predicted molar refractivity (Wildman–Crippen MR) is 91.9 cm³/mol. The molecule has 7 nitrogen and oxygen atoms in total. The molecular weight excluding hydrogens is 304 g/mol. The topological polar surface area (TPSA) is 84.7 Å². The van der Waals surface area contributed by atoms with E-state index in [1.807, 2.05) is 25.1 Å². The molecule has 1 aromatic heterocycles. The summed E-state index contributed by atoms with van der Waals surface area (Å²) >= 11 is 0. The first kappa shape index (κ1) is 16.6. The SMILES string of the molecule is Cc1ccc(NC(=O)CC(C)C2CCNCC2)cc1-n1cnnn1. The second kappa shape index (κ2) is 7.53. The number of amides is 1. The monoisotopic (exact) mass is 328 g/mol. The lowest BCUT2D eigenvalue weighted by Gasteiger charge is -2.27. The van der Waals surface area contributed by atoms with Gasteiger partial charge in [-0.3, -0.25) is 4.79 Å². The van der Waals surface area contributed by atoms with Gasteiger partial charge >= 0.3 is 0 Å². The van der Waals surface area contributed by atoms with Crippen molar-refractivity contribution in [2.45, 2.75) is 33.1 Å². The van der Waals surface area contributed by atoms with Crippen molar-refractivity contribution < 1.29 is 4.79 Å². The third kappa shape index (κ3) is 3.97. The minimum Gasteiger partial charge on any atom is -0.326 e. The van der Waals surface area contributed by atoms with Crippen LogP contribution in [0.15, 0.2) is 24.5 Å². The largest absolute Gasteiger partial charge is 0.326 e. The second-order valence-electron chi connectivity index (χ2n) is 6.57. The van der Waals surface area contributed by atoms with Crippen LogP contribution in [0.3, 0.4) is 0 Å². The van der Waals surface area contributed by atoms with Gasteiger partial charge in [-0.25, -0.2) is 4.68 Å². The predicted octanol–water partition coefficient (Wildman–Crippen LogP) is 1.94. The zero-order valence-corrected chi connectivity index (χ0v) is 14.2. The van der Waals surface area contributed by atoms with Gasteiger partial charge in [-0.05, 0) is 72.8 Å². The number of benzene rings is 1. The Kier molecular flexibility index (Phi) is 5.20. The summed E-state index contributed by atoms with van der Waals surface area (Å²) in [5, 5.41) is 17.6. The van der Waals surface area contributed by atoms with Crippen LogP contribution in [0.5, 0.6) is 0 Å². The number of hydrogen-bond acceptors (Lipinski definition) is 5. The van der Waals surface area contributed by atoms with E-state index in [0.717, 1.165) is 42.9 Å². The summed E-state index contributed by atoms with van der Waals surface area (Å²) in [5.41, 5.74) is 2.68. The van der Waals surface area contributed by atoms with Gasteiger partial charge in [0, 0.05) is 12.1 Å². The zero-order valence-electron chi connectivity index (χ0n) is 14.2. The Bertz CT molecular complexity index is 678. The summed E-state index contributed by atoms with van der Waals surface area (Å²) in [5.74, 6) is 1.09. The molecule has 3 rings (SSSR count). The Morgan fingerprint density at radius 2 is 2.21 bits per heavy atom. The molecule has 1 saturated heterocycles. The Balaban J connectivity index is 1.63. The molecule has 1 aliphatic heterocycles. The maximum absolute atomic E-state index is 12.4. The number of carbonyl (C=O) groups excluding carboxylic acids is 1. The number of carbonyl (C=O) groups is 1. The van der Waals surface area contributed by atoms with Crippen LogP contribution in [0.2, 0.25) is 0 Å². The lowest BCUT2D eigenvalue weighted by molar-refractivity contribution is -0.117. The van der Waals surface area contributed by atoms with Gasteiger partial charge < -0.3 is 10.6 Å². The van der Waals surface area contributed by atoms with E-state index in [-0.39, 0.29) is 5.91 Å². The number of anilines is 1. The smallest absolute Gasteiger partial charge is 0.224 e. The van der Waals surface area contributed by atoms with Gasteiger partial charge in [-0.2, -0.15) is 0 Å². The fourth-order valence-electron chi connectivity index (χ4n) is 3.29. The fraction of sp³-hybridized carbons (Fsp3) is 0.529. The summed E-state index contributed by atoms with van der Waals surface area (Å²) in [6, 6.07) is 5.78. The van der Waals surface area contributed by atoms with Crippen molar-refractivity contribution >= 4 is 11.6 Å². The summed E-state index contributed by atoms with van der Waals surface area (Å²) in [6.07, 6.45) is 4.41. The highest BCUT2D eigenvalue weighted by Gasteiger charge is 2.22. The van der Waals surface area contributed by atoms with Crippen molar-refractivity contribution in [2.75, 3.05) is 18.4 Å². The number of aromatic nitrogens is 4. The quantitative estimate of drug-likeness (QED) is 0.876. The van der Waals surface area contributed by atoms with Crippen LogP contribution in [0, 0.1) is 18.8 Å². The van der Waals surface area contributed by atoms with E-state index in [1.165, 1.54) is 0 Å². The first-order chi connectivity index (χ1) is 11.6. The maximum atomic E-state index is 12.4. The molecule has 1 fully saturated rings. The van der Waals surface area contributed by atoms with Gasteiger partial charge in [0.1, 0.15) is 6.33 Å². The van der Waals surface area contributed by atoms with Crippen molar-refractivity contribution in [1.82, 2.24) is 25.5 Å². The Morgan fingerprint density at radius 3 is 2.92 bits per heavy atom. The highest BCUT2D eigenvalue weighted by molar-refractivity contribution is 5.91. The zero-order chi connectivity index (χ0) is 16.9. The highest BCUT2D eigenvalue weighted by Crippen LogP contribution is 2.25. The van der Waals surface area contributed by atoms with E-state index in [1.54, 1.807) is 11.0 Å². The molecule has 128 valence electrons. The van der Waals surface area contributed by atoms with Gasteiger partial charge in [0.15, 0.2) is 0 Å². The molecule has 24 heavy (non-hydrogen) atoms. The number of rotatable bonds is 5. The maximum Gasteiger partial charge on any atom is 0.224 e. The molecule has 2 N–H and O–H groups in total. The third-order valence-electron chi connectivity index (χ3n) is 4.78. The van der Waals surface area contributed by atoms with E-state index in [4.69, 9.17) is 0 Å². The second-order valence-corrected chi connectivity index (χ2v) is 6.57. The molecule has 1 aliphatic rings. The van der Waals surface area contributed by atoms with Crippen molar-refractivity contribution in [3.05, 3.63) is 30.1 Å². The van der Waals surface area contributed by atoms with Crippen molar-refractivity contribution in [1.29, 1.82) is 0 Å². The summed E-state index contributed by atoms with van der Waals surface area (Å²) < 4.78 is 1.60. The van der Waals surface area contributed by atoms with Gasteiger partial charge in [-0.1, -0.05) is 13.0 Å². The van der Waals surface area contributed by atoms with Crippen LogP contribution in [-0.4, -0.2) is 39.2 Å². The summed E-state index contributed by atoms with van der Waals surface area (Å²) in [7, 11) is 0. The number of tetrazole rings is 1. The Hall–Kier alpha value is -2.28. The molecule has 2 heterocycles. The lowest BCUT2D eigenvalue weighted by Crippen LogP contribution is -2.32. The van der Waals surface area contributed by atoms with Crippen molar-refractivity contribution in [3.63, 3.8) is 0 Å². The Labute approximate surface area is 141 Å². The van der Waals surface area contributed by atoms with E-state index < -0.39 is 0 Å². The average Bonchev–Trinajstić information content (AvgIpc) is 3.11. The molecule has 0 aliphatic carbocycles. The van der Waals surface area contributed by atoms with E-state index in [0.29, 0.717) is 18.3 Å². The van der Waals surface area contributed by atoms with E-state index >= 15 is 0 Å². The van der Waals surface area contributed by atoms with Crippen LogP contribution in [0.25, 0.3) is 5.69 Å². The fourth-order valence-corrected chi connectivity index (χ4v) is 3.29. The van der Waals surface area contributed by atoms with Gasteiger partial charge in [0.05, 0.1) is 5.69 Å². The first-order valence-corrected chi connectivity index (χ1v) is 8.48. The molecule has 0 radical (unpaired) electrons. The van der Waals surface area contributed by atoms with Crippen LogP contribution < -0.4 is 10.6 Å². The number of nitrogens with zero attached hydrogens (tertiary/aromatic N) is 4. The molecule has 0 saturated carbocycles. The number of piperidine rings is 1. The van der Waals surface area contributed by atoms with Crippen LogP contribution >= 0.6 is 0 Å². The van der Waals surface area contributed by atoms with E-state index in [9.17, 15) is 4.79 Å². The normalized spacial score (nSPS) is 16.8. The van der Waals surface area contributed by atoms with E-state index in [2.05, 4.69) is 33.1 Å². The van der Waals surface area contributed by atoms with Crippen LogP contribution in [-0.2, 0) is 4.79 Å². The van der Waals surface area contributed by atoms with Gasteiger partial charge in [0.25, 0.3) is 0 Å². The molecular formula is C17H24N6O. The minimum absolute atomic E-state index is 0.0625.